The topological polar surface area (TPSA) is 66.9 Å². The van der Waals surface area contributed by atoms with Gasteiger partial charge < -0.3 is 10.6 Å². The molecule has 0 radical (unpaired) electrons. The monoisotopic (exact) mass is 284 g/mol. The molecule has 0 aliphatic carbocycles. The predicted octanol–water partition coefficient (Wildman–Crippen LogP) is 2.92. The molecule has 0 aliphatic rings. The molecule has 5 nitrogen and oxygen atoms in total. The zero-order chi connectivity index (χ0) is 14.3. The van der Waals surface area contributed by atoms with Crippen molar-refractivity contribution in [2.24, 2.45) is 5.41 Å². The molecule has 0 unspecified atom stereocenters. The number of unbranched alkanes of at least 4 members (excludes halogenated alkanes) is 2. The van der Waals surface area contributed by atoms with Crippen molar-refractivity contribution in [1.29, 1.82) is 0 Å². The van der Waals surface area contributed by atoms with Gasteiger partial charge in [0.2, 0.25) is 10.1 Å². The Kier molecular flexibility index (Phi) is 6.21. The number of carbonyl (C=O) groups is 1. The summed E-state index contributed by atoms with van der Waals surface area (Å²) in [7, 11) is 1.76. The molecule has 0 atom stereocenters. The van der Waals surface area contributed by atoms with Gasteiger partial charge in [0.1, 0.15) is 0 Å². The van der Waals surface area contributed by atoms with Crippen LogP contribution in [0.5, 0.6) is 0 Å². The van der Waals surface area contributed by atoms with E-state index in [2.05, 4.69) is 41.6 Å². The van der Waals surface area contributed by atoms with Crippen LogP contribution in [0.2, 0.25) is 0 Å². The molecule has 108 valence electrons. The lowest BCUT2D eigenvalue weighted by molar-refractivity contribution is 0.0933. The number of aromatic nitrogens is 2. The Morgan fingerprint density at radius 3 is 2.63 bits per heavy atom. The summed E-state index contributed by atoms with van der Waals surface area (Å²) in [6.07, 6.45) is 4.81. The molecule has 2 N–H and O–H groups in total. The summed E-state index contributed by atoms with van der Waals surface area (Å²) in [6, 6.07) is 0. The van der Waals surface area contributed by atoms with E-state index in [9.17, 15) is 4.79 Å². The maximum absolute atomic E-state index is 11.9. The smallest absolute Gasteiger partial charge is 0.282 e. The zero-order valence-electron chi connectivity index (χ0n) is 12.2. The Balaban J connectivity index is 2.40. The largest absolute Gasteiger partial charge is 0.363 e. The standard InChI is InChI=1S/C13H24N4OS/c1-5-6-7-8-13(2,3)9-15-10(18)11-16-17-12(14-4)19-11/h5-9H2,1-4H3,(H,14,17)(H,15,18). The molecule has 0 aliphatic heterocycles. The Labute approximate surface area is 119 Å². The van der Waals surface area contributed by atoms with Gasteiger partial charge in [-0.3, -0.25) is 4.79 Å². The third-order valence-electron chi connectivity index (χ3n) is 3.02. The van der Waals surface area contributed by atoms with E-state index in [-0.39, 0.29) is 11.3 Å². The molecular formula is C13H24N4OS. The minimum absolute atomic E-state index is 0.126. The highest BCUT2D eigenvalue weighted by Crippen LogP contribution is 2.23. The third kappa shape index (κ3) is 5.55. The van der Waals surface area contributed by atoms with Crippen LogP contribution in [0.4, 0.5) is 5.13 Å². The van der Waals surface area contributed by atoms with E-state index in [4.69, 9.17) is 0 Å². The van der Waals surface area contributed by atoms with Crippen LogP contribution in [0.15, 0.2) is 0 Å². The van der Waals surface area contributed by atoms with Crippen LogP contribution >= 0.6 is 11.3 Å². The van der Waals surface area contributed by atoms with Crippen molar-refractivity contribution in [2.45, 2.75) is 46.5 Å². The maximum atomic E-state index is 11.9. The second-order valence-corrected chi connectivity index (χ2v) is 6.44. The number of hydrogen-bond acceptors (Lipinski definition) is 5. The Bertz CT molecular complexity index is 403. The summed E-state index contributed by atoms with van der Waals surface area (Å²) in [5.41, 5.74) is 0.126. The van der Waals surface area contributed by atoms with Gasteiger partial charge in [-0.05, 0) is 11.8 Å². The first-order chi connectivity index (χ1) is 8.98. The lowest BCUT2D eigenvalue weighted by atomic mass is 9.87. The van der Waals surface area contributed by atoms with Crippen molar-refractivity contribution in [3.63, 3.8) is 0 Å². The molecule has 0 fully saturated rings. The van der Waals surface area contributed by atoms with Crippen molar-refractivity contribution in [1.82, 2.24) is 15.5 Å². The van der Waals surface area contributed by atoms with E-state index in [1.807, 2.05) is 0 Å². The molecule has 0 saturated heterocycles. The second-order valence-electron chi connectivity index (χ2n) is 5.47. The van der Waals surface area contributed by atoms with Crippen LogP contribution in [-0.4, -0.2) is 29.7 Å². The maximum Gasteiger partial charge on any atom is 0.282 e. The average Bonchev–Trinajstić information content (AvgIpc) is 2.85. The van der Waals surface area contributed by atoms with E-state index in [1.165, 1.54) is 30.6 Å². The number of anilines is 1. The van der Waals surface area contributed by atoms with Gasteiger partial charge in [-0.2, -0.15) is 0 Å². The molecule has 0 bridgehead atoms. The molecule has 0 aromatic carbocycles. The van der Waals surface area contributed by atoms with Crippen LogP contribution in [0.25, 0.3) is 0 Å². The van der Waals surface area contributed by atoms with Gasteiger partial charge in [0, 0.05) is 13.6 Å². The van der Waals surface area contributed by atoms with Crippen LogP contribution < -0.4 is 10.6 Å². The Morgan fingerprint density at radius 1 is 1.32 bits per heavy atom. The lowest BCUT2D eigenvalue weighted by Gasteiger charge is -2.24. The van der Waals surface area contributed by atoms with E-state index >= 15 is 0 Å². The van der Waals surface area contributed by atoms with Crippen LogP contribution in [-0.2, 0) is 0 Å². The highest BCUT2D eigenvalue weighted by Gasteiger charge is 2.20. The highest BCUT2D eigenvalue weighted by molar-refractivity contribution is 7.17. The first kappa shape index (κ1) is 15.9. The number of amides is 1. The minimum Gasteiger partial charge on any atom is -0.363 e. The van der Waals surface area contributed by atoms with E-state index in [0.29, 0.717) is 16.7 Å². The number of carbonyl (C=O) groups excluding carboxylic acids is 1. The Morgan fingerprint density at radius 2 is 2.05 bits per heavy atom. The van der Waals surface area contributed by atoms with Gasteiger partial charge in [-0.25, -0.2) is 0 Å². The van der Waals surface area contributed by atoms with Crippen LogP contribution in [0.3, 0.4) is 0 Å². The van der Waals surface area contributed by atoms with Gasteiger partial charge >= 0.3 is 0 Å². The molecule has 1 heterocycles. The molecule has 1 aromatic heterocycles. The summed E-state index contributed by atoms with van der Waals surface area (Å²) in [6.45, 7) is 7.23. The molecular weight excluding hydrogens is 260 g/mol. The second kappa shape index (κ2) is 7.43. The van der Waals surface area contributed by atoms with Gasteiger partial charge in [0.05, 0.1) is 0 Å². The third-order valence-corrected chi connectivity index (χ3v) is 3.96. The lowest BCUT2D eigenvalue weighted by Crippen LogP contribution is -2.34. The molecule has 0 saturated carbocycles. The van der Waals surface area contributed by atoms with E-state index < -0.39 is 0 Å². The summed E-state index contributed by atoms with van der Waals surface area (Å²) >= 11 is 1.27. The van der Waals surface area contributed by atoms with E-state index in [0.717, 1.165) is 6.42 Å². The molecule has 1 aromatic rings. The SMILES string of the molecule is CCCCCC(C)(C)CNC(=O)c1nnc(NC)s1. The summed E-state index contributed by atoms with van der Waals surface area (Å²) < 4.78 is 0. The van der Waals surface area contributed by atoms with E-state index in [1.54, 1.807) is 7.05 Å². The highest BCUT2D eigenvalue weighted by atomic mass is 32.1. The van der Waals surface area contributed by atoms with Gasteiger partial charge in [0.15, 0.2) is 0 Å². The zero-order valence-corrected chi connectivity index (χ0v) is 13.1. The number of nitrogens with one attached hydrogen (secondary N) is 2. The first-order valence-electron chi connectivity index (χ1n) is 6.78. The molecule has 0 spiro atoms. The first-order valence-corrected chi connectivity index (χ1v) is 7.59. The predicted molar refractivity (Wildman–Crippen MR) is 79.7 cm³/mol. The molecule has 6 heteroatoms. The summed E-state index contributed by atoms with van der Waals surface area (Å²) in [5.74, 6) is -0.137. The minimum atomic E-state index is -0.137. The number of hydrogen-bond donors (Lipinski definition) is 2. The molecule has 1 amide bonds. The quantitative estimate of drug-likeness (QED) is 0.720. The van der Waals surface area contributed by atoms with Crippen LogP contribution in [0.1, 0.15) is 56.3 Å². The average molecular weight is 284 g/mol. The van der Waals surface area contributed by atoms with Crippen molar-refractivity contribution in [2.75, 3.05) is 18.9 Å². The number of nitrogens with zero attached hydrogens (tertiary/aromatic N) is 2. The van der Waals surface area contributed by atoms with Gasteiger partial charge in [-0.15, -0.1) is 10.2 Å². The van der Waals surface area contributed by atoms with Gasteiger partial charge in [-0.1, -0.05) is 51.4 Å². The van der Waals surface area contributed by atoms with Crippen molar-refractivity contribution in [3.8, 4) is 0 Å². The fourth-order valence-corrected chi connectivity index (χ4v) is 2.37. The fourth-order valence-electron chi connectivity index (χ4n) is 1.75. The molecule has 19 heavy (non-hydrogen) atoms. The summed E-state index contributed by atoms with van der Waals surface area (Å²) in [4.78, 5) is 11.9. The van der Waals surface area contributed by atoms with Crippen molar-refractivity contribution >= 4 is 22.4 Å². The van der Waals surface area contributed by atoms with Crippen molar-refractivity contribution in [3.05, 3.63) is 5.01 Å². The Hall–Kier alpha value is -1.17. The van der Waals surface area contributed by atoms with Gasteiger partial charge in [0.25, 0.3) is 5.91 Å². The fraction of sp³-hybridized carbons (Fsp3) is 0.769. The molecule has 1 rings (SSSR count). The summed E-state index contributed by atoms with van der Waals surface area (Å²) in [5, 5.41) is 14.6. The van der Waals surface area contributed by atoms with Crippen LogP contribution in [0, 0.1) is 5.41 Å². The van der Waals surface area contributed by atoms with Crippen molar-refractivity contribution < 1.29 is 4.79 Å². The normalized spacial score (nSPS) is 11.4. The number of rotatable bonds is 8.